The van der Waals surface area contributed by atoms with Crippen molar-refractivity contribution in [3.05, 3.63) is 0 Å². The second-order valence-corrected chi connectivity index (χ2v) is 4.29. The summed E-state index contributed by atoms with van der Waals surface area (Å²) in [6, 6.07) is 0. The number of esters is 1. The minimum absolute atomic E-state index is 0.0380. The molecule has 0 aliphatic heterocycles. The van der Waals surface area contributed by atoms with Gasteiger partial charge in [-0.1, -0.05) is 20.8 Å². The summed E-state index contributed by atoms with van der Waals surface area (Å²) in [6.45, 7) is 6.26. The van der Waals surface area contributed by atoms with Crippen molar-refractivity contribution in [1.82, 2.24) is 5.32 Å². The molecule has 0 aromatic rings. The minimum atomic E-state index is -0.417. The van der Waals surface area contributed by atoms with Crippen LogP contribution in [0.15, 0.2) is 0 Å². The molecule has 0 unspecified atom stereocenters. The van der Waals surface area contributed by atoms with Crippen LogP contribution in [0.5, 0.6) is 0 Å². The van der Waals surface area contributed by atoms with Crippen molar-refractivity contribution >= 4 is 11.9 Å². The van der Waals surface area contributed by atoms with Gasteiger partial charge in [-0.25, -0.2) is 0 Å². The van der Waals surface area contributed by atoms with Gasteiger partial charge in [-0.3, -0.25) is 9.59 Å². The monoisotopic (exact) mass is 215 g/mol. The third kappa shape index (κ3) is 7.97. The number of rotatable bonds is 6. The standard InChI is InChI=1S/C11H21NO3/c1-8(2)5-9(3)6-10(13)12-7-11(14)15-4/h8-9H,5-7H2,1-4H3,(H,12,13)/t9-/m1/s1. The third-order valence-corrected chi connectivity index (χ3v) is 2.07. The maximum atomic E-state index is 11.3. The first-order valence-electron chi connectivity index (χ1n) is 5.29. The molecule has 1 amide bonds. The van der Waals surface area contributed by atoms with Gasteiger partial charge >= 0.3 is 5.97 Å². The Morgan fingerprint density at radius 3 is 2.33 bits per heavy atom. The van der Waals surface area contributed by atoms with Crippen molar-refractivity contribution < 1.29 is 14.3 Å². The van der Waals surface area contributed by atoms with Gasteiger partial charge < -0.3 is 10.1 Å². The Bertz CT molecular complexity index is 214. The van der Waals surface area contributed by atoms with Crippen molar-refractivity contribution in [1.29, 1.82) is 0 Å². The predicted molar refractivity (Wildman–Crippen MR) is 58.3 cm³/mol. The van der Waals surface area contributed by atoms with Crippen LogP contribution >= 0.6 is 0 Å². The van der Waals surface area contributed by atoms with E-state index in [2.05, 4.69) is 23.9 Å². The van der Waals surface area contributed by atoms with E-state index in [0.29, 0.717) is 18.3 Å². The van der Waals surface area contributed by atoms with Crippen LogP contribution in [-0.4, -0.2) is 25.5 Å². The number of carbonyl (C=O) groups is 2. The fourth-order valence-electron chi connectivity index (χ4n) is 1.52. The quantitative estimate of drug-likeness (QED) is 0.680. The molecule has 1 N–H and O–H groups in total. The Balaban J connectivity index is 3.69. The maximum Gasteiger partial charge on any atom is 0.325 e. The molecule has 0 fully saturated rings. The van der Waals surface area contributed by atoms with Gasteiger partial charge in [0.25, 0.3) is 0 Å². The van der Waals surface area contributed by atoms with Gasteiger partial charge in [0.1, 0.15) is 6.54 Å². The molecule has 1 atom stereocenters. The number of ether oxygens (including phenoxy) is 1. The van der Waals surface area contributed by atoms with Gasteiger partial charge in [0.2, 0.25) is 5.91 Å². The summed E-state index contributed by atoms with van der Waals surface area (Å²) < 4.78 is 4.42. The van der Waals surface area contributed by atoms with Gasteiger partial charge in [-0.2, -0.15) is 0 Å². The lowest BCUT2D eigenvalue weighted by Crippen LogP contribution is -2.31. The normalized spacial score (nSPS) is 12.3. The molecule has 0 bridgehead atoms. The summed E-state index contributed by atoms with van der Waals surface area (Å²) in [7, 11) is 1.30. The molecular weight excluding hydrogens is 194 g/mol. The SMILES string of the molecule is COC(=O)CNC(=O)C[C@H](C)CC(C)C. The topological polar surface area (TPSA) is 55.4 Å². The van der Waals surface area contributed by atoms with Crippen LogP contribution in [0, 0.1) is 11.8 Å². The highest BCUT2D eigenvalue weighted by atomic mass is 16.5. The molecule has 0 spiro atoms. The van der Waals surface area contributed by atoms with Crippen molar-refractivity contribution in [3.8, 4) is 0 Å². The molecule has 0 saturated carbocycles. The number of hydrogen-bond donors (Lipinski definition) is 1. The molecule has 4 heteroatoms. The first kappa shape index (κ1) is 13.9. The van der Waals surface area contributed by atoms with E-state index in [9.17, 15) is 9.59 Å². The molecule has 0 aromatic carbocycles. The fourth-order valence-corrected chi connectivity index (χ4v) is 1.52. The third-order valence-electron chi connectivity index (χ3n) is 2.07. The Hall–Kier alpha value is -1.06. The number of nitrogens with one attached hydrogen (secondary N) is 1. The average Bonchev–Trinajstić information content (AvgIpc) is 2.12. The highest BCUT2D eigenvalue weighted by Crippen LogP contribution is 2.13. The second kappa shape index (κ2) is 7.26. The zero-order valence-corrected chi connectivity index (χ0v) is 10.0. The van der Waals surface area contributed by atoms with Crippen LogP contribution in [0.4, 0.5) is 0 Å². The summed E-state index contributed by atoms with van der Waals surface area (Å²) in [4.78, 5) is 22.1. The molecule has 15 heavy (non-hydrogen) atoms. The van der Waals surface area contributed by atoms with Crippen molar-refractivity contribution in [2.45, 2.75) is 33.6 Å². The Morgan fingerprint density at radius 1 is 1.27 bits per heavy atom. The number of amides is 1. The van der Waals surface area contributed by atoms with E-state index >= 15 is 0 Å². The van der Waals surface area contributed by atoms with Crippen molar-refractivity contribution in [3.63, 3.8) is 0 Å². The van der Waals surface area contributed by atoms with Crippen LogP contribution < -0.4 is 5.32 Å². The summed E-state index contributed by atoms with van der Waals surface area (Å²) in [6.07, 6.45) is 1.49. The Morgan fingerprint density at radius 2 is 1.87 bits per heavy atom. The van der Waals surface area contributed by atoms with Crippen LogP contribution in [0.1, 0.15) is 33.6 Å². The fraction of sp³-hybridized carbons (Fsp3) is 0.818. The minimum Gasteiger partial charge on any atom is -0.468 e. The maximum absolute atomic E-state index is 11.3. The largest absolute Gasteiger partial charge is 0.468 e. The van der Waals surface area contributed by atoms with E-state index in [1.807, 2.05) is 6.92 Å². The molecule has 88 valence electrons. The lowest BCUT2D eigenvalue weighted by molar-refractivity contribution is -0.141. The zero-order chi connectivity index (χ0) is 11.8. The van der Waals surface area contributed by atoms with Gasteiger partial charge in [-0.05, 0) is 18.3 Å². The van der Waals surface area contributed by atoms with Crippen molar-refractivity contribution in [2.24, 2.45) is 11.8 Å². The number of hydrogen-bond acceptors (Lipinski definition) is 3. The van der Waals surface area contributed by atoms with Gasteiger partial charge in [-0.15, -0.1) is 0 Å². The Labute approximate surface area is 91.4 Å². The number of methoxy groups -OCH3 is 1. The van der Waals surface area contributed by atoms with E-state index in [1.54, 1.807) is 0 Å². The zero-order valence-electron chi connectivity index (χ0n) is 10.0. The molecule has 0 aromatic heterocycles. The van der Waals surface area contributed by atoms with E-state index in [1.165, 1.54) is 7.11 Å². The van der Waals surface area contributed by atoms with Gasteiger partial charge in [0.15, 0.2) is 0 Å². The van der Waals surface area contributed by atoms with Gasteiger partial charge in [0, 0.05) is 6.42 Å². The lowest BCUT2D eigenvalue weighted by Gasteiger charge is -2.13. The summed E-state index contributed by atoms with van der Waals surface area (Å²) in [5.74, 6) is 0.435. The summed E-state index contributed by atoms with van der Waals surface area (Å²) >= 11 is 0. The van der Waals surface area contributed by atoms with Crippen LogP contribution in [0.2, 0.25) is 0 Å². The molecule has 4 nitrogen and oxygen atoms in total. The van der Waals surface area contributed by atoms with E-state index < -0.39 is 5.97 Å². The second-order valence-electron chi connectivity index (χ2n) is 4.29. The average molecular weight is 215 g/mol. The Kier molecular flexibility index (Phi) is 6.75. The van der Waals surface area contributed by atoms with Crippen LogP contribution in [0.3, 0.4) is 0 Å². The van der Waals surface area contributed by atoms with E-state index in [-0.39, 0.29) is 12.5 Å². The molecule has 0 saturated heterocycles. The molecule has 0 heterocycles. The van der Waals surface area contributed by atoms with Crippen LogP contribution in [-0.2, 0) is 14.3 Å². The number of carbonyl (C=O) groups excluding carboxylic acids is 2. The van der Waals surface area contributed by atoms with E-state index in [4.69, 9.17) is 0 Å². The smallest absolute Gasteiger partial charge is 0.325 e. The summed E-state index contributed by atoms with van der Waals surface area (Å²) in [5.41, 5.74) is 0. The molecule has 0 radical (unpaired) electrons. The predicted octanol–water partition coefficient (Wildman–Crippen LogP) is 1.35. The van der Waals surface area contributed by atoms with E-state index in [0.717, 1.165) is 6.42 Å². The van der Waals surface area contributed by atoms with Gasteiger partial charge in [0.05, 0.1) is 7.11 Å². The molecular formula is C11H21NO3. The summed E-state index contributed by atoms with van der Waals surface area (Å²) in [5, 5.41) is 2.52. The molecule has 0 aliphatic carbocycles. The molecule has 0 rings (SSSR count). The molecule has 0 aliphatic rings. The van der Waals surface area contributed by atoms with Crippen LogP contribution in [0.25, 0.3) is 0 Å². The highest BCUT2D eigenvalue weighted by Gasteiger charge is 2.11. The highest BCUT2D eigenvalue weighted by molar-refractivity contribution is 5.81. The lowest BCUT2D eigenvalue weighted by atomic mass is 9.96. The first-order chi connectivity index (χ1) is 6.95. The van der Waals surface area contributed by atoms with Crippen molar-refractivity contribution in [2.75, 3.05) is 13.7 Å². The first-order valence-corrected chi connectivity index (χ1v) is 5.29.